The molecule has 0 spiro atoms. The molecule has 4 rings (SSSR count). The van der Waals surface area contributed by atoms with Gasteiger partial charge in [0.05, 0.1) is 0 Å². The standard InChI is InChI=1S/C20H26N2/c1-20(2,3)15-9-14-11-21-8-7-16(14)18(10-15)19-17-6-4-5-13(17)12-22-19/h7-11,13,17,19,22H,4-6,12H2,1-3H3. The molecular formula is C20H26N2. The molecule has 2 heterocycles. The number of fused-ring (bicyclic) bond motifs is 2. The van der Waals surface area contributed by atoms with Crippen LogP contribution in [-0.4, -0.2) is 11.5 Å². The summed E-state index contributed by atoms with van der Waals surface area (Å²) in [7, 11) is 0. The topological polar surface area (TPSA) is 24.9 Å². The zero-order valence-electron chi connectivity index (χ0n) is 13.9. The van der Waals surface area contributed by atoms with Crippen molar-refractivity contribution in [2.24, 2.45) is 11.8 Å². The number of nitrogens with zero attached hydrogens (tertiary/aromatic N) is 1. The van der Waals surface area contributed by atoms with E-state index in [0.29, 0.717) is 6.04 Å². The van der Waals surface area contributed by atoms with Crippen molar-refractivity contribution in [3.63, 3.8) is 0 Å². The van der Waals surface area contributed by atoms with Gasteiger partial charge in [0.25, 0.3) is 0 Å². The van der Waals surface area contributed by atoms with Crippen LogP contribution in [-0.2, 0) is 5.41 Å². The number of hydrogen-bond donors (Lipinski definition) is 1. The Balaban J connectivity index is 1.88. The largest absolute Gasteiger partial charge is 0.309 e. The Morgan fingerprint density at radius 1 is 1.18 bits per heavy atom. The quantitative estimate of drug-likeness (QED) is 0.832. The molecule has 2 aromatic rings. The highest BCUT2D eigenvalue weighted by molar-refractivity contribution is 5.86. The van der Waals surface area contributed by atoms with Crippen LogP contribution in [0.25, 0.3) is 10.8 Å². The molecule has 0 bridgehead atoms. The highest BCUT2D eigenvalue weighted by Gasteiger charge is 2.40. The van der Waals surface area contributed by atoms with Gasteiger partial charge in [-0.2, -0.15) is 0 Å². The number of hydrogen-bond acceptors (Lipinski definition) is 2. The first-order valence-corrected chi connectivity index (χ1v) is 8.65. The normalized spacial score (nSPS) is 28.2. The van der Waals surface area contributed by atoms with Crippen molar-refractivity contribution < 1.29 is 0 Å². The summed E-state index contributed by atoms with van der Waals surface area (Å²) in [4.78, 5) is 4.35. The Kier molecular flexibility index (Phi) is 3.26. The predicted molar refractivity (Wildman–Crippen MR) is 92.0 cm³/mol. The lowest BCUT2D eigenvalue weighted by atomic mass is 9.81. The van der Waals surface area contributed by atoms with Gasteiger partial charge >= 0.3 is 0 Å². The van der Waals surface area contributed by atoms with Crippen LogP contribution in [0.1, 0.15) is 57.2 Å². The molecule has 0 radical (unpaired) electrons. The number of aromatic nitrogens is 1. The van der Waals surface area contributed by atoms with Gasteiger partial charge in [0, 0.05) is 23.8 Å². The van der Waals surface area contributed by atoms with Crippen LogP contribution in [0.3, 0.4) is 0 Å². The maximum atomic E-state index is 4.35. The van der Waals surface area contributed by atoms with E-state index in [1.165, 1.54) is 47.7 Å². The fourth-order valence-electron chi connectivity index (χ4n) is 4.46. The number of rotatable bonds is 1. The molecule has 2 heteroatoms. The molecule has 22 heavy (non-hydrogen) atoms. The molecule has 2 aliphatic rings. The van der Waals surface area contributed by atoms with Crippen molar-refractivity contribution in [3.8, 4) is 0 Å². The minimum absolute atomic E-state index is 0.173. The summed E-state index contributed by atoms with van der Waals surface area (Å²) in [5.74, 6) is 1.71. The monoisotopic (exact) mass is 294 g/mol. The van der Waals surface area contributed by atoms with Crippen LogP contribution in [0.5, 0.6) is 0 Å². The molecule has 116 valence electrons. The van der Waals surface area contributed by atoms with E-state index >= 15 is 0 Å². The Hall–Kier alpha value is -1.41. The van der Waals surface area contributed by atoms with Crippen molar-refractivity contribution in [3.05, 3.63) is 41.7 Å². The smallest absolute Gasteiger partial charge is 0.0358 e. The maximum absolute atomic E-state index is 4.35. The van der Waals surface area contributed by atoms with Gasteiger partial charge in [0.1, 0.15) is 0 Å². The van der Waals surface area contributed by atoms with Crippen molar-refractivity contribution in [2.75, 3.05) is 6.54 Å². The molecule has 1 aromatic heterocycles. The van der Waals surface area contributed by atoms with Gasteiger partial charge in [-0.3, -0.25) is 4.98 Å². The van der Waals surface area contributed by atoms with E-state index in [4.69, 9.17) is 0 Å². The van der Waals surface area contributed by atoms with Gasteiger partial charge in [0.15, 0.2) is 0 Å². The molecule has 2 nitrogen and oxygen atoms in total. The Labute approximate surface area is 133 Å². The van der Waals surface area contributed by atoms with Crippen molar-refractivity contribution >= 4 is 10.8 Å². The maximum Gasteiger partial charge on any atom is 0.0358 e. The number of nitrogens with one attached hydrogen (secondary N) is 1. The molecule has 0 amide bonds. The van der Waals surface area contributed by atoms with E-state index in [2.05, 4.69) is 49.3 Å². The number of benzene rings is 1. The van der Waals surface area contributed by atoms with E-state index in [1.807, 2.05) is 12.4 Å². The Morgan fingerprint density at radius 2 is 2.05 bits per heavy atom. The van der Waals surface area contributed by atoms with Crippen LogP contribution in [0.15, 0.2) is 30.6 Å². The lowest BCUT2D eigenvalue weighted by Gasteiger charge is -2.25. The molecule has 3 atom stereocenters. The van der Waals surface area contributed by atoms with E-state index in [-0.39, 0.29) is 5.41 Å². The Bertz CT molecular complexity index is 698. The summed E-state index contributed by atoms with van der Waals surface area (Å²) in [5.41, 5.74) is 3.09. The van der Waals surface area contributed by atoms with E-state index < -0.39 is 0 Å². The Morgan fingerprint density at radius 3 is 2.86 bits per heavy atom. The number of pyridine rings is 1. The van der Waals surface area contributed by atoms with Gasteiger partial charge in [-0.15, -0.1) is 0 Å². The highest BCUT2D eigenvalue weighted by atomic mass is 15.0. The van der Waals surface area contributed by atoms with Gasteiger partial charge in [-0.1, -0.05) is 33.3 Å². The summed E-state index contributed by atoms with van der Waals surface area (Å²) in [6.07, 6.45) is 8.16. The average molecular weight is 294 g/mol. The first-order chi connectivity index (χ1) is 10.5. The van der Waals surface area contributed by atoms with E-state index in [0.717, 1.165) is 11.8 Å². The van der Waals surface area contributed by atoms with Gasteiger partial charge < -0.3 is 5.32 Å². The van der Waals surface area contributed by atoms with Crippen LogP contribution in [0.2, 0.25) is 0 Å². The molecular weight excluding hydrogens is 268 g/mol. The van der Waals surface area contributed by atoms with E-state index in [1.54, 1.807) is 0 Å². The SMILES string of the molecule is CC(C)(C)c1cc(C2NCC3CCCC32)c2ccncc2c1. The van der Waals surface area contributed by atoms with Crippen LogP contribution >= 0.6 is 0 Å². The summed E-state index contributed by atoms with van der Waals surface area (Å²) >= 11 is 0. The first-order valence-electron chi connectivity index (χ1n) is 8.65. The van der Waals surface area contributed by atoms with Crippen molar-refractivity contribution in [1.82, 2.24) is 10.3 Å². The fourth-order valence-corrected chi connectivity index (χ4v) is 4.46. The predicted octanol–water partition coefficient (Wildman–Crippen LogP) is 4.59. The molecule has 1 saturated heterocycles. The van der Waals surface area contributed by atoms with Crippen LogP contribution < -0.4 is 5.32 Å². The molecule has 1 N–H and O–H groups in total. The van der Waals surface area contributed by atoms with Crippen molar-refractivity contribution in [2.45, 2.75) is 51.5 Å². The zero-order chi connectivity index (χ0) is 15.3. The second kappa shape index (κ2) is 5.06. The first kappa shape index (κ1) is 14.2. The minimum atomic E-state index is 0.173. The fraction of sp³-hybridized carbons (Fsp3) is 0.550. The molecule has 1 aliphatic carbocycles. The summed E-state index contributed by atoms with van der Waals surface area (Å²) in [5, 5.41) is 6.49. The molecule has 2 fully saturated rings. The lowest BCUT2D eigenvalue weighted by molar-refractivity contribution is 0.422. The van der Waals surface area contributed by atoms with Gasteiger partial charge in [-0.25, -0.2) is 0 Å². The van der Waals surface area contributed by atoms with Gasteiger partial charge in [-0.05, 0) is 65.3 Å². The third kappa shape index (κ3) is 2.25. The third-order valence-corrected chi connectivity index (χ3v) is 5.73. The van der Waals surface area contributed by atoms with Crippen molar-refractivity contribution in [1.29, 1.82) is 0 Å². The van der Waals surface area contributed by atoms with E-state index in [9.17, 15) is 0 Å². The molecule has 1 aliphatic heterocycles. The average Bonchev–Trinajstić information content (AvgIpc) is 3.08. The summed E-state index contributed by atoms with van der Waals surface area (Å²) in [6, 6.07) is 7.51. The summed E-state index contributed by atoms with van der Waals surface area (Å²) < 4.78 is 0. The van der Waals surface area contributed by atoms with Gasteiger partial charge in [0.2, 0.25) is 0 Å². The summed E-state index contributed by atoms with van der Waals surface area (Å²) in [6.45, 7) is 8.10. The molecule has 3 unspecified atom stereocenters. The van der Waals surface area contributed by atoms with Crippen LogP contribution in [0, 0.1) is 11.8 Å². The third-order valence-electron chi connectivity index (χ3n) is 5.73. The highest BCUT2D eigenvalue weighted by Crippen LogP contribution is 2.46. The second-order valence-electron chi connectivity index (χ2n) is 8.15. The zero-order valence-corrected chi connectivity index (χ0v) is 13.9. The lowest BCUT2D eigenvalue weighted by Crippen LogP contribution is -2.20. The minimum Gasteiger partial charge on any atom is -0.309 e. The molecule has 1 saturated carbocycles. The second-order valence-corrected chi connectivity index (χ2v) is 8.15. The van der Waals surface area contributed by atoms with Crippen LogP contribution in [0.4, 0.5) is 0 Å². The molecule has 1 aromatic carbocycles.